The lowest BCUT2D eigenvalue weighted by Crippen LogP contribution is -2.53. The lowest BCUT2D eigenvalue weighted by atomic mass is 9.90. The van der Waals surface area contributed by atoms with Gasteiger partial charge in [0.2, 0.25) is 5.43 Å². The third kappa shape index (κ3) is 5.61. The van der Waals surface area contributed by atoms with E-state index in [0.29, 0.717) is 12.1 Å². The highest BCUT2D eigenvalue weighted by atomic mass is 35.5. The SMILES string of the molecule is Cc1cc(=O)c(C(=O)NC(C)(CN)CC(C)C)nn1-c1ccccc1[N+](=O)[O-].Cl. The molecule has 1 unspecified atom stereocenters. The summed E-state index contributed by atoms with van der Waals surface area (Å²) in [4.78, 5) is 35.9. The Morgan fingerprint density at radius 1 is 1.38 bits per heavy atom. The van der Waals surface area contributed by atoms with Gasteiger partial charge in [-0.3, -0.25) is 19.7 Å². The first-order chi connectivity index (χ1) is 13.1. The van der Waals surface area contributed by atoms with Gasteiger partial charge in [0.1, 0.15) is 5.69 Å². The second-order valence-corrected chi connectivity index (χ2v) is 7.47. The molecule has 1 amide bonds. The standard InChI is InChI=1S/C19H25N5O4.ClH/c1-12(2)10-19(4,11-20)21-18(26)17-16(25)9-13(3)23(22-17)14-7-5-6-8-15(14)24(27)28;/h5-9,12H,10-11,20H2,1-4H3,(H,21,26);1H. The van der Waals surface area contributed by atoms with Crippen LogP contribution >= 0.6 is 12.4 Å². The molecule has 2 aromatic rings. The zero-order valence-corrected chi connectivity index (χ0v) is 17.7. The number of aryl methyl sites for hydroxylation is 1. The molecule has 9 nitrogen and oxygen atoms in total. The normalized spacial score (nSPS) is 12.8. The van der Waals surface area contributed by atoms with Crippen LogP contribution in [0.25, 0.3) is 5.69 Å². The largest absolute Gasteiger partial charge is 0.344 e. The van der Waals surface area contributed by atoms with E-state index in [4.69, 9.17) is 5.73 Å². The van der Waals surface area contributed by atoms with Gasteiger partial charge in [0.25, 0.3) is 11.6 Å². The van der Waals surface area contributed by atoms with Crippen LogP contribution in [0.5, 0.6) is 0 Å². The number of para-hydroxylation sites is 2. The van der Waals surface area contributed by atoms with Crippen molar-refractivity contribution in [2.45, 2.75) is 39.7 Å². The summed E-state index contributed by atoms with van der Waals surface area (Å²) in [7, 11) is 0. The average molecular weight is 424 g/mol. The predicted molar refractivity (Wildman–Crippen MR) is 113 cm³/mol. The number of carbonyl (C=O) groups is 1. The second kappa shape index (κ2) is 9.62. The summed E-state index contributed by atoms with van der Waals surface area (Å²) in [6.45, 7) is 7.60. The topological polar surface area (TPSA) is 133 Å². The number of aromatic nitrogens is 2. The summed E-state index contributed by atoms with van der Waals surface area (Å²) >= 11 is 0. The van der Waals surface area contributed by atoms with Gasteiger partial charge in [-0.25, -0.2) is 4.68 Å². The number of carbonyl (C=O) groups excluding carboxylic acids is 1. The molecule has 1 atom stereocenters. The molecule has 158 valence electrons. The molecule has 0 aliphatic heterocycles. The van der Waals surface area contributed by atoms with Crippen LogP contribution in [0.2, 0.25) is 0 Å². The zero-order valence-electron chi connectivity index (χ0n) is 16.8. The molecule has 0 bridgehead atoms. The number of amides is 1. The molecule has 0 saturated heterocycles. The molecule has 0 aliphatic carbocycles. The van der Waals surface area contributed by atoms with E-state index >= 15 is 0 Å². The molecule has 3 N–H and O–H groups in total. The van der Waals surface area contributed by atoms with Gasteiger partial charge < -0.3 is 11.1 Å². The number of hydrogen-bond acceptors (Lipinski definition) is 6. The number of nitro groups is 1. The molecule has 0 saturated carbocycles. The number of hydrogen-bond donors (Lipinski definition) is 2. The van der Waals surface area contributed by atoms with Crippen molar-refractivity contribution in [3.05, 3.63) is 62.1 Å². The van der Waals surface area contributed by atoms with Crippen LogP contribution < -0.4 is 16.5 Å². The Morgan fingerprint density at radius 2 is 2.00 bits per heavy atom. The summed E-state index contributed by atoms with van der Waals surface area (Å²) < 4.78 is 1.23. The van der Waals surface area contributed by atoms with Gasteiger partial charge in [-0.2, -0.15) is 5.10 Å². The Bertz CT molecular complexity index is 960. The minimum Gasteiger partial charge on any atom is -0.344 e. The molecular formula is C19H26ClN5O4. The molecule has 29 heavy (non-hydrogen) atoms. The minimum absolute atomic E-state index is 0. The molecule has 1 heterocycles. The molecule has 1 aromatic heterocycles. The van der Waals surface area contributed by atoms with Crippen molar-refractivity contribution in [2.75, 3.05) is 6.54 Å². The molecule has 0 aliphatic rings. The van der Waals surface area contributed by atoms with E-state index in [1.54, 1.807) is 19.9 Å². The summed E-state index contributed by atoms with van der Waals surface area (Å²) in [6.07, 6.45) is 0.624. The smallest absolute Gasteiger partial charge is 0.294 e. The first kappa shape index (κ1) is 24.3. The molecule has 10 heteroatoms. The van der Waals surface area contributed by atoms with E-state index in [1.807, 2.05) is 13.8 Å². The lowest BCUT2D eigenvalue weighted by molar-refractivity contribution is -0.384. The maximum atomic E-state index is 12.8. The number of nitro benzene ring substituents is 1. The lowest BCUT2D eigenvalue weighted by Gasteiger charge is -2.31. The number of nitrogens with one attached hydrogen (secondary N) is 1. The third-order valence-corrected chi connectivity index (χ3v) is 4.35. The zero-order chi connectivity index (χ0) is 21.1. The number of rotatable bonds is 7. The van der Waals surface area contributed by atoms with Gasteiger partial charge in [-0.15, -0.1) is 12.4 Å². The van der Waals surface area contributed by atoms with Gasteiger partial charge in [0.05, 0.1) is 10.5 Å². The molecule has 0 radical (unpaired) electrons. The fourth-order valence-electron chi connectivity index (χ4n) is 3.17. The van der Waals surface area contributed by atoms with Crippen LogP contribution in [0.4, 0.5) is 5.69 Å². The van der Waals surface area contributed by atoms with Crippen LogP contribution in [-0.2, 0) is 0 Å². The molecule has 0 spiro atoms. The molecule has 1 aromatic carbocycles. The number of nitrogens with zero attached hydrogens (tertiary/aromatic N) is 3. The Balaban J connectivity index is 0.00000420. The Kier molecular flexibility index (Phi) is 8.05. The number of nitrogens with two attached hydrogens (primary N) is 1. The number of halogens is 1. The fourth-order valence-corrected chi connectivity index (χ4v) is 3.17. The van der Waals surface area contributed by atoms with E-state index in [0.717, 1.165) is 0 Å². The van der Waals surface area contributed by atoms with E-state index in [1.165, 1.54) is 28.9 Å². The van der Waals surface area contributed by atoms with E-state index in [-0.39, 0.29) is 41.9 Å². The Morgan fingerprint density at radius 3 is 2.55 bits per heavy atom. The van der Waals surface area contributed by atoms with Crippen molar-refractivity contribution < 1.29 is 9.72 Å². The number of benzene rings is 1. The van der Waals surface area contributed by atoms with Crippen LogP contribution in [0.1, 0.15) is 43.4 Å². The summed E-state index contributed by atoms with van der Waals surface area (Å²) in [5.41, 5.74) is 4.59. The molecular weight excluding hydrogens is 398 g/mol. The van der Waals surface area contributed by atoms with Crippen molar-refractivity contribution in [2.24, 2.45) is 11.7 Å². The molecule has 2 rings (SSSR count). The maximum absolute atomic E-state index is 12.8. The van der Waals surface area contributed by atoms with E-state index in [2.05, 4.69) is 10.4 Å². The van der Waals surface area contributed by atoms with Crippen molar-refractivity contribution in [1.82, 2.24) is 15.1 Å². The van der Waals surface area contributed by atoms with Crippen molar-refractivity contribution in [3.63, 3.8) is 0 Å². The van der Waals surface area contributed by atoms with Gasteiger partial charge in [-0.1, -0.05) is 26.0 Å². The van der Waals surface area contributed by atoms with Crippen molar-refractivity contribution in [3.8, 4) is 5.69 Å². The summed E-state index contributed by atoms with van der Waals surface area (Å²) in [5.74, 6) is -0.380. The van der Waals surface area contributed by atoms with Crippen LogP contribution in [0.3, 0.4) is 0 Å². The highest BCUT2D eigenvalue weighted by molar-refractivity contribution is 5.92. The Hall–Kier alpha value is -2.78. The maximum Gasteiger partial charge on any atom is 0.294 e. The van der Waals surface area contributed by atoms with Crippen LogP contribution in [0.15, 0.2) is 35.1 Å². The van der Waals surface area contributed by atoms with Crippen molar-refractivity contribution >= 4 is 24.0 Å². The average Bonchev–Trinajstić information content (AvgIpc) is 2.61. The highest BCUT2D eigenvalue weighted by Gasteiger charge is 2.28. The predicted octanol–water partition coefficient (Wildman–Crippen LogP) is 2.36. The van der Waals surface area contributed by atoms with Crippen LogP contribution in [-0.4, -0.2) is 32.7 Å². The fraction of sp³-hybridized carbons (Fsp3) is 0.421. The van der Waals surface area contributed by atoms with Crippen molar-refractivity contribution in [1.29, 1.82) is 0 Å². The van der Waals surface area contributed by atoms with E-state index in [9.17, 15) is 19.7 Å². The van der Waals surface area contributed by atoms with E-state index < -0.39 is 21.8 Å². The first-order valence-corrected chi connectivity index (χ1v) is 8.95. The quantitative estimate of drug-likeness (QED) is 0.518. The first-order valence-electron chi connectivity index (χ1n) is 8.95. The third-order valence-electron chi connectivity index (χ3n) is 4.35. The Labute approximate surface area is 174 Å². The highest BCUT2D eigenvalue weighted by Crippen LogP contribution is 2.22. The van der Waals surface area contributed by atoms with Gasteiger partial charge in [-0.05, 0) is 32.3 Å². The van der Waals surface area contributed by atoms with Crippen LogP contribution in [0, 0.1) is 23.0 Å². The van der Waals surface area contributed by atoms with Gasteiger partial charge in [0.15, 0.2) is 5.69 Å². The summed E-state index contributed by atoms with van der Waals surface area (Å²) in [5, 5.41) is 18.3. The van der Waals surface area contributed by atoms with Gasteiger partial charge >= 0.3 is 0 Å². The monoisotopic (exact) mass is 423 g/mol. The minimum atomic E-state index is -0.701. The summed E-state index contributed by atoms with van der Waals surface area (Å²) in [6, 6.07) is 7.23. The second-order valence-electron chi connectivity index (χ2n) is 7.47. The molecule has 0 fully saturated rings. The van der Waals surface area contributed by atoms with Gasteiger partial charge in [0, 0.05) is 24.4 Å².